The van der Waals surface area contributed by atoms with Gasteiger partial charge in [-0.1, -0.05) is 19.1 Å². The average Bonchev–Trinajstić information content (AvgIpc) is 3.10. The SMILES string of the molecule is CCc1nc(COC(=O)[C@H](CCS(C)(=O)=O)NC(=O)c2ccccc2Br)cs1. The molecule has 0 aliphatic carbocycles. The van der Waals surface area contributed by atoms with E-state index in [2.05, 4.69) is 26.2 Å². The molecule has 28 heavy (non-hydrogen) atoms. The molecule has 0 aliphatic rings. The molecule has 1 amide bonds. The van der Waals surface area contributed by atoms with Crippen molar-refractivity contribution >= 4 is 49.0 Å². The first-order chi connectivity index (χ1) is 13.2. The monoisotopic (exact) mass is 488 g/mol. The second-order valence-electron chi connectivity index (χ2n) is 6.12. The number of aryl methyl sites for hydroxylation is 1. The topological polar surface area (TPSA) is 102 Å². The molecular formula is C18H21BrN2O5S2. The lowest BCUT2D eigenvalue weighted by Gasteiger charge is -2.17. The van der Waals surface area contributed by atoms with E-state index in [9.17, 15) is 18.0 Å². The van der Waals surface area contributed by atoms with E-state index in [-0.39, 0.29) is 18.8 Å². The molecule has 1 heterocycles. The van der Waals surface area contributed by atoms with E-state index in [1.807, 2.05) is 6.92 Å². The van der Waals surface area contributed by atoms with E-state index in [0.29, 0.717) is 15.7 Å². The third-order valence-corrected chi connectivity index (χ3v) is 6.46. The molecule has 1 aromatic carbocycles. The van der Waals surface area contributed by atoms with Crippen LogP contribution < -0.4 is 5.32 Å². The molecule has 2 rings (SSSR count). The number of carbonyl (C=O) groups is 2. The van der Waals surface area contributed by atoms with Crippen molar-refractivity contribution in [1.82, 2.24) is 10.3 Å². The van der Waals surface area contributed by atoms with Gasteiger partial charge in [-0.3, -0.25) is 4.79 Å². The third kappa shape index (κ3) is 6.99. The smallest absolute Gasteiger partial charge is 0.329 e. The minimum absolute atomic E-state index is 0.0321. The molecule has 0 bridgehead atoms. The van der Waals surface area contributed by atoms with E-state index in [1.54, 1.807) is 29.6 Å². The quantitative estimate of drug-likeness (QED) is 0.544. The predicted molar refractivity (Wildman–Crippen MR) is 111 cm³/mol. The molecule has 0 unspecified atom stereocenters. The maximum atomic E-state index is 12.5. The van der Waals surface area contributed by atoms with Gasteiger partial charge in [0, 0.05) is 16.1 Å². The van der Waals surface area contributed by atoms with E-state index >= 15 is 0 Å². The number of nitrogens with zero attached hydrogens (tertiary/aromatic N) is 1. The number of esters is 1. The van der Waals surface area contributed by atoms with Crippen LogP contribution in [0.5, 0.6) is 0 Å². The Hall–Kier alpha value is -1.78. The first kappa shape index (κ1) is 22.5. The number of nitrogens with one attached hydrogen (secondary N) is 1. The Labute approximate surface area is 176 Å². The zero-order chi connectivity index (χ0) is 20.7. The summed E-state index contributed by atoms with van der Waals surface area (Å²) in [4.78, 5) is 29.3. The summed E-state index contributed by atoms with van der Waals surface area (Å²) >= 11 is 4.76. The van der Waals surface area contributed by atoms with Gasteiger partial charge in [0.2, 0.25) is 0 Å². The van der Waals surface area contributed by atoms with Crippen LogP contribution in [-0.4, -0.2) is 43.3 Å². The van der Waals surface area contributed by atoms with Crippen molar-refractivity contribution < 1.29 is 22.7 Å². The van der Waals surface area contributed by atoms with Crippen LogP contribution in [0.2, 0.25) is 0 Å². The molecule has 0 spiro atoms. The van der Waals surface area contributed by atoms with Crippen molar-refractivity contribution in [1.29, 1.82) is 0 Å². The normalized spacial score (nSPS) is 12.4. The van der Waals surface area contributed by atoms with E-state index in [4.69, 9.17) is 4.74 Å². The molecule has 0 radical (unpaired) electrons. The van der Waals surface area contributed by atoms with Crippen LogP contribution >= 0.6 is 27.3 Å². The summed E-state index contributed by atoms with van der Waals surface area (Å²) in [5, 5.41) is 5.31. The number of benzene rings is 1. The summed E-state index contributed by atoms with van der Waals surface area (Å²) < 4.78 is 28.8. The number of sulfone groups is 1. The molecule has 0 fully saturated rings. The third-order valence-electron chi connectivity index (χ3n) is 3.75. The fourth-order valence-corrected chi connectivity index (χ4v) is 4.14. The lowest BCUT2D eigenvalue weighted by Crippen LogP contribution is -2.43. The molecule has 0 saturated heterocycles. The standard InChI is InChI=1S/C18H21BrN2O5S2/c1-3-16-20-12(11-27-16)10-26-18(23)15(8-9-28(2,24)25)21-17(22)13-6-4-5-7-14(13)19/h4-7,11,15H,3,8-10H2,1-2H3,(H,21,22)/t15-/m0/s1. The maximum absolute atomic E-state index is 12.5. The van der Waals surface area contributed by atoms with Crippen molar-refractivity contribution in [3.05, 3.63) is 50.4 Å². The Balaban J connectivity index is 2.07. The second-order valence-corrected chi connectivity index (χ2v) is 10.2. The van der Waals surface area contributed by atoms with Crippen LogP contribution in [0.1, 0.15) is 34.4 Å². The highest BCUT2D eigenvalue weighted by Crippen LogP contribution is 2.16. The first-order valence-corrected chi connectivity index (χ1v) is 12.3. The number of aromatic nitrogens is 1. The molecule has 1 atom stereocenters. The van der Waals surface area contributed by atoms with E-state index in [1.165, 1.54) is 11.3 Å². The van der Waals surface area contributed by atoms with Gasteiger partial charge in [-0.05, 0) is 40.9 Å². The Morgan fingerprint density at radius 3 is 2.64 bits per heavy atom. The number of rotatable bonds is 9. The molecule has 7 nitrogen and oxygen atoms in total. The van der Waals surface area contributed by atoms with Gasteiger partial charge in [0.1, 0.15) is 22.5 Å². The number of ether oxygens (including phenoxy) is 1. The molecule has 1 aromatic heterocycles. The van der Waals surface area contributed by atoms with E-state index < -0.39 is 27.8 Å². The molecule has 2 aromatic rings. The summed E-state index contributed by atoms with van der Waals surface area (Å²) in [6.07, 6.45) is 1.79. The molecule has 0 aliphatic heterocycles. The van der Waals surface area contributed by atoms with Gasteiger partial charge in [-0.2, -0.15) is 0 Å². The van der Waals surface area contributed by atoms with Crippen molar-refractivity contribution in [2.24, 2.45) is 0 Å². The summed E-state index contributed by atoms with van der Waals surface area (Å²) in [5.41, 5.74) is 0.959. The van der Waals surface area contributed by atoms with Crippen LogP contribution in [0.4, 0.5) is 0 Å². The number of hydrogen-bond acceptors (Lipinski definition) is 7. The predicted octanol–water partition coefficient (Wildman–Crippen LogP) is 2.74. The minimum Gasteiger partial charge on any atom is -0.458 e. The zero-order valence-corrected chi connectivity index (χ0v) is 18.7. The second kappa shape index (κ2) is 10.1. The Bertz CT molecular complexity index is 943. The number of thiazole rings is 1. The van der Waals surface area contributed by atoms with Gasteiger partial charge in [-0.25, -0.2) is 18.2 Å². The van der Waals surface area contributed by atoms with Gasteiger partial charge in [0.05, 0.1) is 22.0 Å². The van der Waals surface area contributed by atoms with Gasteiger partial charge < -0.3 is 10.1 Å². The zero-order valence-electron chi connectivity index (χ0n) is 15.5. The first-order valence-electron chi connectivity index (χ1n) is 8.52. The molecule has 152 valence electrons. The van der Waals surface area contributed by atoms with Crippen LogP contribution in [-0.2, 0) is 32.4 Å². The van der Waals surface area contributed by atoms with Gasteiger partial charge in [0.15, 0.2) is 0 Å². The molecule has 1 N–H and O–H groups in total. The Kier molecular flexibility index (Phi) is 8.14. The number of halogens is 1. The summed E-state index contributed by atoms with van der Waals surface area (Å²) in [5.74, 6) is -1.44. The van der Waals surface area contributed by atoms with Crippen LogP contribution in [0.15, 0.2) is 34.1 Å². The molecular weight excluding hydrogens is 468 g/mol. The summed E-state index contributed by atoms with van der Waals surface area (Å²) in [7, 11) is -3.31. The van der Waals surface area contributed by atoms with Gasteiger partial charge in [-0.15, -0.1) is 11.3 Å². The van der Waals surface area contributed by atoms with Crippen molar-refractivity contribution in [2.75, 3.05) is 12.0 Å². The largest absolute Gasteiger partial charge is 0.458 e. The average molecular weight is 489 g/mol. The van der Waals surface area contributed by atoms with Crippen LogP contribution in [0, 0.1) is 0 Å². The van der Waals surface area contributed by atoms with Gasteiger partial charge >= 0.3 is 5.97 Å². The number of carbonyl (C=O) groups excluding carboxylic acids is 2. The number of hydrogen-bond donors (Lipinski definition) is 1. The number of amides is 1. The fourth-order valence-electron chi connectivity index (χ4n) is 2.29. The van der Waals surface area contributed by atoms with Crippen LogP contribution in [0.3, 0.4) is 0 Å². The summed E-state index contributed by atoms with van der Waals surface area (Å²) in [6.45, 7) is 1.95. The lowest BCUT2D eigenvalue weighted by atomic mass is 10.1. The summed E-state index contributed by atoms with van der Waals surface area (Å²) in [6, 6.07) is 5.66. The van der Waals surface area contributed by atoms with Crippen molar-refractivity contribution in [2.45, 2.75) is 32.4 Å². The highest BCUT2D eigenvalue weighted by Gasteiger charge is 2.25. The highest BCUT2D eigenvalue weighted by molar-refractivity contribution is 9.10. The van der Waals surface area contributed by atoms with Crippen molar-refractivity contribution in [3.8, 4) is 0 Å². The van der Waals surface area contributed by atoms with Gasteiger partial charge in [0.25, 0.3) is 5.91 Å². The molecule has 0 saturated carbocycles. The van der Waals surface area contributed by atoms with Crippen molar-refractivity contribution in [3.63, 3.8) is 0 Å². The lowest BCUT2D eigenvalue weighted by molar-refractivity contribution is -0.147. The Morgan fingerprint density at radius 2 is 2.04 bits per heavy atom. The molecule has 10 heteroatoms. The Morgan fingerprint density at radius 1 is 1.32 bits per heavy atom. The highest BCUT2D eigenvalue weighted by atomic mass is 79.9. The minimum atomic E-state index is -3.31. The maximum Gasteiger partial charge on any atom is 0.329 e. The van der Waals surface area contributed by atoms with E-state index in [0.717, 1.165) is 17.7 Å². The van der Waals surface area contributed by atoms with Crippen LogP contribution in [0.25, 0.3) is 0 Å². The fraction of sp³-hybridized carbons (Fsp3) is 0.389.